The normalized spacial score (nSPS) is 20.9. The zero-order valence-electron chi connectivity index (χ0n) is 14.8. The molecule has 6 nitrogen and oxygen atoms in total. The Hall–Kier alpha value is -1.56. The number of piperidine rings is 1. The topological polar surface area (TPSA) is 76.1 Å². The van der Waals surface area contributed by atoms with Gasteiger partial charge in [-0.2, -0.15) is 0 Å². The quantitative estimate of drug-likeness (QED) is 0.634. The van der Waals surface area contributed by atoms with Crippen molar-refractivity contribution in [3.63, 3.8) is 0 Å². The van der Waals surface area contributed by atoms with Crippen LogP contribution in [0.5, 0.6) is 0 Å². The first-order valence-corrected chi connectivity index (χ1v) is 8.11. The molecule has 23 heavy (non-hydrogen) atoms. The van der Waals surface area contributed by atoms with E-state index in [2.05, 4.69) is 4.74 Å². The molecule has 0 aromatic carbocycles. The molecule has 0 aromatic heterocycles. The molecule has 132 valence electrons. The zero-order chi connectivity index (χ0) is 17.6. The number of aliphatic hydroxyl groups is 1. The predicted molar refractivity (Wildman–Crippen MR) is 87.0 cm³/mol. The van der Waals surface area contributed by atoms with Crippen LogP contribution in [0.15, 0.2) is 11.6 Å². The average molecular weight is 327 g/mol. The van der Waals surface area contributed by atoms with Gasteiger partial charge < -0.3 is 19.5 Å². The number of ether oxygens (including phenoxy) is 2. The van der Waals surface area contributed by atoms with Gasteiger partial charge in [-0.3, -0.25) is 0 Å². The molecule has 1 aliphatic rings. The van der Waals surface area contributed by atoms with E-state index in [1.54, 1.807) is 17.9 Å². The monoisotopic (exact) mass is 327 g/mol. The molecule has 1 N–H and O–H groups in total. The fourth-order valence-electron chi connectivity index (χ4n) is 2.76. The van der Waals surface area contributed by atoms with Crippen molar-refractivity contribution in [2.24, 2.45) is 0 Å². The highest BCUT2D eigenvalue weighted by Crippen LogP contribution is 2.25. The third-order valence-corrected chi connectivity index (χ3v) is 3.84. The molecule has 6 heteroatoms. The second-order valence-corrected chi connectivity index (χ2v) is 6.81. The number of carbonyl (C=O) groups is 2. The lowest BCUT2D eigenvalue weighted by Gasteiger charge is -2.37. The number of esters is 1. The number of allylic oxidation sites excluding steroid dienone is 1. The highest BCUT2D eigenvalue weighted by molar-refractivity contribution is 5.89. The van der Waals surface area contributed by atoms with Crippen LogP contribution in [0, 0.1) is 0 Å². The van der Waals surface area contributed by atoms with E-state index in [-0.39, 0.29) is 17.7 Å². The molecular weight excluding hydrogens is 298 g/mol. The van der Waals surface area contributed by atoms with Gasteiger partial charge in [0.1, 0.15) is 5.60 Å². The van der Waals surface area contributed by atoms with Crippen LogP contribution in [-0.4, -0.2) is 53.5 Å². The van der Waals surface area contributed by atoms with Crippen molar-refractivity contribution in [2.75, 3.05) is 13.7 Å². The van der Waals surface area contributed by atoms with Gasteiger partial charge in [0.2, 0.25) is 0 Å². The number of nitrogens with zero attached hydrogens (tertiary/aromatic N) is 1. The van der Waals surface area contributed by atoms with Gasteiger partial charge in [0.15, 0.2) is 0 Å². The summed E-state index contributed by atoms with van der Waals surface area (Å²) in [6.45, 7) is 7.77. The van der Waals surface area contributed by atoms with Gasteiger partial charge in [0.05, 0.1) is 18.8 Å². The lowest BCUT2D eigenvalue weighted by molar-refractivity contribution is -0.137. The van der Waals surface area contributed by atoms with Gasteiger partial charge in [-0.05, 0) is 53.4 Å². The number of methoxy groups -OCH3 is 1. The minimum atomic E-state index is -0.958. The van der Waals surface area contributed by atoms with E-state index in [9.17, 15) is 14.7 Å². The Labute approximate surface area is 138 Å². The van der Waals surface area contributed by atoms with E-state index in [4.69, 9.17) is 4.74 Å². The summed E-state index contributed by atoms with van der Waals surface area (Å²) >= 11 is 0. The fraction of sp³-hybridized carbons (Fsp3) is 0.765. The molecule has 1 amide bonds. The summed E-state index contributed by atoms with van der Waals surface area (Å²) in [7, 11) is 1.28. The maximum absolute atomic E-state index is 12.4. The molecule has 1 rings (SSSR count). The molecule has 0 radical (unpaired) electrons. The molecule has 2 atom stereocenters. The summed E-state index contributed by atoms with van der Waals surface area (Å²) in [5.74, 6) is -0.542. The Balaban J connectivity index is 2.78. The molecular formula is C17H29NO5. The number of amides is 1. The third kappa shape index (κ3) is 5.86. The molecule has 1 fully saturated rings. The lowest BCUT2D eigenvalue weighted by Crippen LogP contribution is -2.47. The summed E-state index contributed by atoms with van der Waals surface area (Å²) in [6, 6.07) is -0.145. The number of aliphatic hydroxyl groups excluding tert-OH is 1. The van der Waals surface area contributed by atoms with Crippen molar-refractivity contribution >= 4 is 12.1 Å². The Morgan fingerprint density at radius 3 is 2.52 bits per heavy atom. The fourth-order valence-corrected chi connectivity index (χ4v) is 2.76. The van der Waals surface area contributed by atoms with Crippen molar-refractivity contribution < 1.29 is 24.2 Å². The Morgan fingerprint density at radius 1 is 1.35 bits per heavy atom. The molecule has 0 aromatic rings. The highest BCUT2D eigenvalue weighted by Gasteiger charge is 2.33. The first kappa shape index (κ1) is 19.5. The van der Waals surface area contributed by atoms with Gasteiger partial charge >= 0.3 is 12.1 Å². The van der Waals surface area contributed by atoms with E-state index in [0.29, 0.717) is 13.0 Å². The van der Waals surface area contributed by atoms with Gasteiger partial charge in [0.25, 0.3) is 0 Å². The first-order chi connectivity index (χ1) is 10.7. The second-order valence-electron chi connectivity index (χ2n) is 6.81. The maximum Gasteiger partial charge on any atom is 0.410 e. The van der Waals surface area contributed by atoms with Crippen LogP contribution >= 0.6 is 0 Å². The number of rotatable bonds is 4. The van der Waals surface area contributed by atoms with Gasteiger partial charge in [-0.1, -0.05) is 6.08 Å². The van der Waals surface area contributed by atoms with Crippen molar-refractivity contribution in [3.8, 4) is 0 Å². The zero-order valence-corrected chi connectivity index (χ0v) is 14.8. The van der Waals surface area contributed by atoms with Crippen molar-refractivity contribution in [1.82, 2.24) is 4.90 Å². The molecule has 1 heterocycles. The van der Waals surface area contributed by atoms with Crippen LogP contribution in [0.4, 0.5) is 4.79 Å². The van der Waals surface area contributed by atoms with Crippen LogP contribution in [0.2, 0.25) is 0 Å². The largest absolute Gasteiger partial charge is 0.466 e. The molecule has 2 unspecified atom stereocenters. The SMILES string of the molecule is C/C=C(/C(=O)OC)C(O)CC1CCCCN1C(=O)OC(C)(C)C. The number of carbonyl (C=O) groups excluding carboxylic acids is 2. The number of hydrogen-bond acceptors (Lipinski definition) is 5. The first-order valence-electron chi connectivity index (χ1n) is 8.11. The van der Waals surface area contributed by atoms with Crippen LogP contribution in [0.25, 0.3) is 0 Å². The maximum atomic E-state index is 12.4. The van der Waals surface area contributed by atoms with Crippen molar-refractivity contribution in [2.45, 2.75) is 71.1 Å². The minimum Gasteiger partial charge on any atom is -0.466 e. The molecule has 1 saturated heterocycles. The number of likely N-dealkylation sites (tertiary alicyclic amines) is 1. The number of hydrogen-bond donors (Lipinski definition) is 1. The second kappa shape index (κ2) is 8.34. The lowest BCUT2D eigenvalue weighted by atomic mass is 9.94. The smallest absolute Gasteiger partial charge is 0.410 e. The van der Waals surface area contributed by atoms with Crippen LogP contribution in [-0.2, 0) is 14.3 Å². The third-order valence-electron chi connectivity index (χ3n) is 3.84. The van der Waals surface area contributed by atoms with E-state index < -0.39 is 17.7 Å². The minimum absolute atomic E-state index is 0.145. The van der Waals surface area contributed by atoms with Crippen molar-refractivity contribution in [1.29, 1.82) is 0 Å². The standard InChI is InChI=1S/C17H29NO5/c1-6-13(15(20)22-5)14(19)11-12-9-7-8-10-18(12)16(21)23-17(2,3)4/h6,12,14,19H,7-11H2,1-5H3/b13-6+. The van der Waals surface area contributed by atoms with Gasteiger partial charge in [-0.15, -0.1) is 0 Å². The average Bonchev–Trinajstić information content (AvgIpc) is 2.46. The highest BCUT2D eigenvalue weighted by atomic mass is 16.6. The summed E-state index contributed by atoms with van der Waals surface area (Å²) in [4.78, 5) is 25.7. The summed E-state index contributed by atoms with van der Waals surface area (Å²) in [5, 5.41) is 10.3. The Morgan fingerprint density at radius 2 is 2.00 bits per heavy atom. The van der Waals surface area contributed by atoms with E-state index in [1.807, 2.05) is 20.8 Å². The Bertz CT molecular complexity index is 452. The summed E-state index contributed by atoms with van der Waals surface area (Å²) in [6.07, 6.45) is 3.22. The van der Waals surface area contributed by atoms with E-state index >= 15 is 0 Å². The molecule has 0 spiro atoms. The van der Waals surface area contributed by atoms with Crippen molar-refractivity contribution in [3.05, 3.63) is 11.6 Å². The molecule has 0 saturated carbocycles. The van der Waals surface area contributed by atoms with E-state index in [1.165, 1.54) is 7.11 Å². The van der Waals surface area contributed by atoms with Gasteiger partial charge in [-0.25, -0.2) is 9.59 Å². The van der Waals surface area contributed by atoms with E-state index in [0.717, 1.165) is 19.3 Å². The van der Waals surface area contributed by atoms with Crippen LogP contribution in [0.3, 0.4) is 0 Å². The molecule has 0 bridgehead atoms. The molecule has 1 aliphatic heterocycles. The van der Waals surface area contributed by atoms with Gasteiger partial charge in [0, 0.05) is 12.6 Å². The predicted octanol–water partition coefficient (Wildman–Crippen LogP) is 2.65. The summed E-state index contributed by atoms with van der Waals surface area (Å²) in [5.41, 5.74) is -0.333. The molecule has 0 aliphatic carbocycles. The Kier molecular flexibility index (Phi) is 7.06. The van der Waals surface area contributed by atoms with Crippen LogP contribution < -0.4 is 0 Å². The summed E-state index contributed by atoms with van der Waals surface area (Å²) < 4.78 is 10.1. The van der Waals surface area contributed by atoms with Crippen LogP contribution in [0.1, 0.15) is 53.4 Å².